The number of nitriles is 1. The van der Waals surface area contributed by atoms with Crippen LogP contribution in [0.25, 0.3) is 0 Å². The van der Waals surface area contributed by atoms with Gasteiger partial charge in [-0.1, -0.05) is 33.1 Å². The number of carbonyl (C=O) groups excluding carboxylic acids is 3. The zero-order valence-corrected chi connectivity index (χ0v) is 15.4. The van der Waals surface area contributed by atoms with Crippen LogP contribution in [-0.2, 0) is 9.59 Å². The zero-order valence-electron chi connectivity index (χ0n) is 15.4. The Labute approximate surface area is 149 Å². The van der Waals surface area contributed by atoms with E-state index in [0.717, 1.165) is 30.6 Å². The van der Waals surface area contributed by atoms with Crippen LogP contribution >= 0.6 is 0 Å². The minimum atomic E-state index is -0.959. The Balaban J connectivity index is 1.99. The fourth-order valence-electron chi connectivity index (χ4n) is 3.51. The number of urea groups is 1. The first kappa shape index (κ1) is 19.2. The third kappa shape index (κ3) is 4.30. The van der Waals surface area contributed by atoms with Crippen LogP contribution in [0.4, 0.5) is 4.79 Å². The summed E-state index contributed by atoms with van der Waals surface area (Å²) in [4.78, 5) is 38.1. The van der Waals surface area contributed by atoms with E-state index in [1.165, 1.54) is 0 Å². The molecule has 2 N–H and O–H groups in total. The van der Waals surface area contributed by atoms with Crippen molar-refractivity contribution in [2.45, 2.75) is 76.8 Å². The van der Waals surface area contributed by atoms with Gasteiger partial charge in [-0.05, 0) is 38.5 Å². The van der Waals surface area contributed by atoms with Gasteiger partial charge in [0.2, 0.25) is 5.91 Å². The minimum absolute atomic E-state index is 0.342. The van der Waals surface area contributed by atoms with Gasteiger partial charge in [0.1, 0.15) is 17.6 Å². The molecule has 0 aromatic heterocycles. The largest absolute Gasteiger partial charge is 0.336 e. The predicted molar refractivity (Wildman–Crippen MR) is 92.3 cm³/mol. The monoisotopic (exact) mass is 348 g/mol. The van der Waals surface area contributed by atoms with E-state index in [1.54, 1.807) is 6.92 Å². The molecular formula is C18H28N4O3. The molecular weight excluding hydrogens is 320 g/mol. The standard InChI is InChI=1S/C18H28N4O3/c1-13(2)7-10-17(3)15(24)22(16(25)21-17)11-14(23)20-18(12-19)8-5-4-6-9-18/h13H,4-11H2,1-3H3,(H,20,23)(H,21,25). The third-order valence-corrected chi connectivity index (χ3v) is 5.17. The van der Waals surface area contributed by atoms with Crippen molar-refractivity contribution in [2.75, 3.05) is 6.54 Å². The molecule has 0 aromatic rings. The van der Waals surface area contributed by atoms with Crippen LogP contribution < -0.4 is 10.6 Å². The van der Waals surface area contributed by atoms with E-state index in [9.17, 15) is 19.6 Å². The third-order valence-electron chi connectivity index (χ3n) is 5.17. The molecule has 1 unspecified atom stereocenters. The number of nitrogens with zero attached hydrogens (tertiary/aromatic N) is 2. The second-order valence-corrected chi connectivity index (χ2v) is 7.89. The minimum Gasteiger partial charge on any atom is -0.336 e. The highest BCUT2D eigenvalue weighted by molar-refractivity contribution is 6.08. The average molecular weight is 348 g/mol. The summed E-state index contributed by atoms with van der Waals surface area (Å²) in [6, 6.07) is 1.67. The number of amides is 4. The van der Waals surface area contributed by atoms with Crippen LogP contribution in [0.3, 0.4) is 0 Å². The highest BCUT2D eigenvalue weighted by atomic mass is 16.2. The Kier molecular flexibility index (Phi) is 5.71. The number of hydrogen-bond donors (Lipinski definition) is 2. The molecule has 0 spiro atoms. The highest BCUT2D eigenvalue weighted by Gasteiger charge is 2.48. The maximum Gasteiger partial charge on any atom is 0.325 e. The fourth-order valence-corrected chi connectivity index (χ4v) is 3.51. The van der Waals surface area contributed by atoms with E-state index in [4.69, 9.17) is 0 Å². The Hall–Kier alpha value is -2.10. The number of rotatable bonds is 6. The van der Waals surface area contributed by atoms with Crippen LogP contribution in [0, 0.1) is 17.2 Å². The van der Waals surface area contributed by atoms with Gasteiger partial charge in [0.05, 0.1) is 6.07 Å². The smallest absolute Gasteiger partial charge is 0.325 e. The molecule has 1 saturated carbocycles. The van der Waals surface area contributed by atoms with Crippen LogP contribution in [0.1, 0.15) is 65.7 Å². The summed E-state index contributed by atoms with van der Waals surface area (Å²) < 4.78 is 0. The van der Waals surface area contributed by atoms with Crippen molar-refractivity contribution in [3.63, 3.8) is 0 Å². The van der Waals surface area contributed by atoms with Crippen molar-refractivity contribution in [3.05, 3.63) is 0 Å². The van der Waals surface area contributed by atoms with Gasteiger partial charge < -0.3 is 10.6 Å². The fraction of sp³-hybridized carbons (Fsp3) is 0.778. The Morgan fingerprint density at radius 1 is 1.32 bits per heavy atom. The summed E-state index contributed by atoms with van der Waals surface area (Å²) in [7, 11) is 0. The number of nitrogens with one attached hydrogen (secondary N) is 2. The molecule has 7 nitrogen and oxygen atoms in total. The predicted octanol–water partition coefficient (Wildman–Crippen LogP) is 2.08. The van der Waals surface area contributed by atoms with E-state index in [2.05, 4.69) is 30.6 Å². The molecule has 7 heteroatoms. The first-order chi connectivity index (χ1) is 11.7. The molecule has 1 aliphatic carbocycles. The van der Waals surface area contributed by atoms with Crippen molar-refractivity contribution in [1.29, 1.82) is 5.26 Å². The molecule has 1 aliphatic heterocycles. The van der Waals surface area contributed by atoms with Gasteiger partial charge >= 0.3 is 6.03 Å². The number of carbonyl (C=O) groups is 3. The first-order valence-electron chi connectivity index (χ1n) is 9.08. The SMILES string of the molecule is CC(C)CCC1(C)NC(=O)N(CC(=O)NC2(C#N)CCCCC2)C1=O. The maximum absolute atomic E-state index is 12.6. The Bertz CT molecular complexity index is 590. The van der Waals surface area contributed by atoms with Crippen LogP contribution in [-0.4, -0.2) is 40.4 Å². The summed E-state index contributed by atoms with van der Waals surface area (Å²) in [6.07, 6.45) is 5.41. The van der Waals surface area contributed by atoms with Gasteiger partial charge in [-0.25, -0.2) is 4.79 Å². The van der Waals surface area contributed by atoms with E-state index in [1.807, 2.05) is 0 Å². The Morgan fingerprint density at radius 2 is 1.96 bits per heavy atom. The summed E-state index contributed by atoms with van der Waals surface area (Å²) in [5.41, 5.74) is -1.82. The second-order valence-electron chi connectivity index (χ2n) is 7.89. The normalized spacial score (nSPS) is 25.6. The lowest BCUT2D eigenvalue weighted by Crippen LogP contribution is -2.52. The molecule has 1 atom stereocenters. The molecule has 4 amide bonds. The van der Waals surface area contributed by atoms with E-state index in [-0.39, 0.29) is 12.5 Å². The van der Waals surface area contributed by atoms with Gasteiger partial charge in [0, 0.05) is 0 Å². The van der Waals surface area contributed by atoms with Crippen LogP contribution in [0.5, 0.6) is 0 Å². The summed E-state index contributed by atoms with van der Waals surface area (Å²) in [6.45, 7) is 5.47. The number of imide groups is 1. The molecule has 25 heavy (non-hydrogen) atoms. The van der Waals surface area contributed by atoms with Gasteiger partial charge in [-0.3, -0.25) is 14.5 Å². The molecule has 2 aliphatic rings. The van der Waals surface area contributed by atoms with E-state index >= 15 is 0 Å². The topological polar surface area (TPSA) is 102 Å². The molecule has 2 fully saturated rings. The molecule has 1 heterocycles. The summed E-state index contributed by atoms with van der Waals surface area (Å²) in [5, 5.41) is 14.9. The first-order valence-corrected chi connectivity index (χ1v) is 9.08. The van der Waals surface area contributed by atoms with Gasteiger partial charge in [0.15, 0.2) is 0 Å². The molecule has 0 aromatic carbocycles. The molecule has 138 valence electrons. The Morgan fingerprint density at radius 3 is 2.52 bits per heavy atom. The lowest BCUT2D eigenvalue weighted by Gasteiger charge is -2.32. The van der Waals surface area contributed by atoms with E-state index in [0.29, 0.717) is 25.2 Å². The summed E-state index contributed by atoms with van der Waals surface area (Å²) in [5.74, 6) is -0.413. The van der Waals surface area contributed by atoms with Crippen molar-refractivity contribution >= 4 is 17.8 Å². The zero-order chi connectivity index (χ0) is 18.7. The van der Waals surface area contributed by atoms with Gasteiger partial charge in [0.25, 0.3) is 5.91 Å². The van der Waals surface area contributed by atoms with E-state index < -0.39 is 23.0 Å². The lowest BCUT2D eigenvalue weighted by molar-refractivity contribution is -0.135. The average Bonchev–Trinajstić information content (AvgIpc) is 2.77. The van der Waals surface area contributed by atoms with Crippen molar-refractivity contribution in [2.24, 2.45) is 5.92 Å². The lowest BCUT2D eigenvalue weighted by atomic mass is 9.83. The van der Waals surface area contributed by atoms with Crippen LogP contribution in [0.15, 0.2) is 0 Å². The molecule has 0 bridgehead atoms. The van der Waals surface area contributed by atoms with Gasteiger partial charge in [-0.15, -0.1) is 0 Å². The molecule has 0 radical (unpaired) electrons. The summed E-state index contributed by atoms with van der Waals surface area (Å²) >= 11 is 0. The molecule has 2 rings (SSSR count). The number of hydrogen-bond acceptors (Lipinski definition) is 4. The van der Waals surface area contributed by atoms with Crippen LogP contribution in [0.2, 0.25) is 0 Å². The quantitative estimate of drug-likeness (QED) is 0.717. The van der Waals surface area contributed by atoms with Gasteiger partial charge in [-0.2, -0.15) is 5.26 Å². The van der Waals surface area contributed by atoms with Crippen molar-refractivity contribution < 1.29 is 14.4 Å². The van der Waals surface area contributed by atoms with Crippen molar-refractivity contribution in [3.8, 4) is 6.07 Å². The second kappa shape index (κ2) is 7.42. The molecule has 1 saturated heterocycles. The maximum atomic E-state index is 12.6. The van der Waals surface area contributed by atoms with Crippen molar-refractivity contribution in [1.82, 2.24) is 15.5 Å². The highest BCUT2D eigenvalue weighted by Crippen LogP contribution is 2.28.